The topological polar surface area (TPSA) is 20.2 Å². The molecule has 1 rings (SSSR count). The van der Waals surface area contributed by atoms with Crippen LogP contribution in [0.2, 0.25) is 0 Å². The molecular formula is C8H2F8O. The highest BCUT2D eigenvalue weighted by molar-refractivity contribution is 5.26. The summed E-state index contributed by atoms with van der Waals surface area (Å²) in [4.78, 5) is 0. The summed E-state index contributed by atoms with van der Waals surface area (Å²) >= 11 is 0. The van der Waals surface area contributed by atoms with E-state index in [4.69, 9.17) is 5.11 Å². The molecule has 0 fully saturated rings. The Morgan fingerprint density at radius 1 is 0.765 bits per heavy atom. The summed E-state index contributed by atoms with van der Waals surface area (Å²) in [5.74, 6) is -13.3. The van der Waals surface area contributed by atoms with E-state index >= 15 is 0 Å². The lowest BCUT2D eigenvalue weighted by atomic mass is 10.1. The second kappa shape index (κ2) is 4.13. The maximum absolute atomic E-state index is 12.8. The molecule has 1 aromatic carbocycles. The van der Waals surface area contributed by atoms with E-state index in [2.05, 4.69) is 0 Å². The van der Waals surface area contributed by atoms with Gasteiger partial charge in [0.05, 0.1) is 5.56 Å². The first-order valence-electron chi connectivity index (χ1n) is 3.84. The van der Waals surface area contributed by atoms with Gasteiger partial charge in [0.25, 0.3) is 0 Å². The van der Waals surface area contributed by atoms with Crippen molar-refractivity contribution >= 4 is 0 Å². The number of halogens is 8. The van der Waals surface area contributed by atoms with E-state index in [0.717, 1.165) is 0 Å². The van der Waals surface area contributed by atoms with E-state index in [9.17, 15) is 35.1 Å². The molecule has 0 amide bonds. The second-order valence-electron chi connectivity index (χ2n) is 2.93. The van der Waals surface area contributed by atoms with Crippen molar-refractivity contribution in [2.75, 3.05) is 0 Å². The van der Waals surface area contributed by atoms with Crippen LogP contribution >= 0.6 is 0 Å². The smallest absolute Gasteiger partial charge is 0.334 e. The van der Waals surface area contributed by atoms with Gasteiger partial charge in [0.1, 0.15) is 0 Å². The summed E-state index contributed by atoms with van der Waals surface area (Å²) in [6.07, 6.45) is -9.36. The van der Waals surface area contributed by atoms with E-state index in [0.29, 0.717) is 0 Å². The highest BCUT2D eigenvalue weighted by Gasteiger charge is 2.44. The number of alkyl halides is 3. The normalized spacial score (nSPS) is 13.9. The van der Waals surface area contributed by atoms with Gasteiger partial charge in [-0.05, 0) is 0 Å². The molecule has 0 aliphatic heterocycles. The van der Waals surface area contributed by atoms with Gasteiger partial charge in [-0.2, -0.15) is 8.78 Å². The fourth-order valence-electron chi connectivity index (χ4n) is 1.02. The molecule has 0 saturated carbocycles. The van der Waals surface area contributed by atoms with Crippen LogP contribution in [-0.2, 0) is 0 Å². The molecule has 1 nitrogen and oxygen atoms in total. The van der Waals surface area contributed by atoms with Gasteiger partial charge in [0.15, 0.2) is 23.3 Å². The summed E-state index contributed by atoms with van der Waals surface area (Å²) in [7, 11) is 0. The molecule has 0 bridgehead atoms. The summed E-state index contributed by atoms with van der Waals surface area (Å²) in [5, 5.41) is 7.86. The fourth-order valence-corrected chi connectivity index (χ4v) is 1.02. The van der Waals surface area contributed by atoms with Gasteiger partial charge < -0.3 is 5.11 Å². The lowest BCUT2D eigenvalue weighted by molar-refractivity contribution is -0.244. The average Bonchev–Trinajstić information content (AvgIpc) is 2.22. The van der Waals surface area contributed by atoms with E-state index in [1.165, 1.54) is 0 Å². The maximum atomic E-state index is 12.8. The minimum Gasteiger partial charge on any atom is -0.334 e. The van der Waals surface area contributed by atoms with Crippen LogP contribution < -0.4 is 0 Å². The molecular weight excluding hydrogens is 264 g/mol. The van der Waals surface area contributed by atoms with E-state index in [1.54, 1.807) is 0 Å². The molecule has 9 heteroatoms. The number of hydrogen-bond donors (Lipinski definition) is 1. The van der Waals surface area contributed by atoms with Crippen molar-refractivity contribution in [1.82, 2.24) is 0 Å². The van der Waals surface area contributed by atoms with Crippen molar-refractivity contribution in [3.63, 3.8) is 0 Å². The Morgan fingerprint density at radius 3 is 1.35 bits per heavy atom. The Labute approximate surface area is 88.3 Å². The number of aliphatic hydroxyl groups is 1. The third-order valence-corrected chi connectivity index (χ3v) is 1.80. The van der Waals surface area contributed by atoms with E-state index in [-0.39, 0.29) is 0 Å². The van der Waals surface area contributed by atoms with Gasteiger partial charge in [-0.3, -0.25) is 0 Å². The van der Waals surface area contributed by atoms with Gasteiger partial charge in [0.2, 0.25) is 12.0 Å². The van der Waals surface area contributed by atoms with Crippen molar-refractivity contribution in [2.45, 2.75) is 12.3 Å². The van der Waals surface area contributed by atoms with E-state index in [1.807, 2.05) is 0 Å². The largest absolute Gasteiger partial charge is 0.388 e. The zero-order valence-electron chi connectivity index (χ0n) is 7.55. The van der Waals surface area contributed by atoms with Crippen molar-refractivity contribution in [2.24, 2.45) is 0 Å². The molecule has 1 aromatic rings. The molecule has 0 aromatic heterocycles. The highest BCUT2D eigenvalue weighted by Crippen LogP contribution is 2.37. The molecule has 0 aliphatic carbocycles. The van der Waals surface area contributed by atoms with Crippen molar-refractivity contribution in [1.29, 1.82) is 0 Å². The summed E-state index contributed by atoms with van der Waals surface area (Å²) < 4.78 is 99.8. The molecule has 0 spiro atoms. The van der Waals surface area contributed by atoms with Gasteiger partial charge in [0, 0.05) is 0 Å². The minimum absolute atomic E-state index is 2.42. The van der Waals surface area contributed by atoms with Gasteiger partial charge in [-0.15, -0.1) is 0 Å². The maximum Gasteiger partial charge on any atom is 0.388 e. The summed E-state index contributed by atoms with van der Waals surface area (Å²) in [6, 6.07) is 0. The van der Waals surface area contributed by atoms with Crippen molar-refractivity contribution in [3.05, 3.63) is 34.6 Å². The van der Waals surface area contributed by atoms with Crippen molar-refractivity contribution in [3.8, 4) is 0 Å². The van der Waals surface area contributed by atoms with Crippen LogP contribution in [-0.4, -0.2) is 11.2 Å². The number of rotatable bonds is 2. The highest BCUT2D eigenvalue weighted by atomic mass is 19.3. The number of benzene rings is 1. The first-order valence-corrected chi connectivity index (χ1v) is 3.84. The molecule has 0 heterocycles. The van der Waals surface area contributed by atoms with Crippen LogP contribution in [0.5, 0.6) is 0 Å². The Kier molecular flexibility index (Phi) is 3.33. The predicted molar refractivity (Wildman–Crippen MR) is 37.2 cm³/mol. The predicted octanol–water partition coefficient (Wildman–Crippen LogP) is 2.98. The molecule has 0 aliphatic rings. The molecule has 96 valence electrons. The van der Waals surface area contributed by atoms with Crippen LogP contribution in [0.3, 0.4) is 0 Å². The second-order valence-corrected chi connectivity index (χ2v) is 2.93. The van der Waals surface area contributed by atoms with Crippen LogP contribution in [0.1, 0.15) is 11.7 Å². The molecule has 0 saturated heterocycles. The first-order chi connectivity index (χ1) is 7.59. The quantitative estimate of drug-likeness (QED) is 0.495. The SMILES string of the molecule is OC(F)(F)C(F)c1c(F)c(F)c(F)c(F)c1F. The molecule has 1 N–H and O–H groups in total. The van der Waals surface area contributed by atoms with E-state index < -0.39 is 46.9 Å². The third-order valence-electron chi connectivity index (χ3n) is 1.80. The molecule has 1 atom stereocenters. The van der Waals surface area contributed by atoms with Crippen LogP contribution in [0, 0.1) is 29.1 Å². The van der Waals surface area contributed by atoms with Gasteiger partial charge in [-0.25, -0.2) is 26.3 Å². The standard InChI is InChI=1S/C8H2F8O/c9-2-1(7(14)8(15,16)17)3(10)5(12)6(13)4(2)11/h7,17H. The number of hydrogen-bond acceptors (Lipinski definition) is 1. The minimum atomic E-state index is -5.28. The average molecular weight is 266 g/mol. The Bertz CT molecular complexity index is 423. The van der Waals surface area contributed by atoms with Crippen LogP contribution in [0.4, 0.5) is 35.1 Å². The van der Waals surface area contributed by atoms with Gasteiger partial charge >= 0.3 is 6.11 Å². The fraction of sp³-hybridized carbons (Fsp3) is 0.250. The lowest BCUT2D eigenvalue weighted by Crippen LogP contribution is -2.25. The third kappa shape index (κ3) is 2.19. The Balaban J connectivity index is 3.55. The Morgan fingerprint density at radius 2 is 1.06 bits per heavy atom. The monoisotopic (exact) mass is 266 g/mol. The van der Waals surface area contributed by atoms with Crippen LogP contribution in [0.15, 0.2) is 0 Å². The molecule has 0 radical (unpaired) electrons. The zero-order valence-corrected chi connectivity index (χ0v) is 7.55. The first kappa shape index (κ1) is 13.7. The Hall–Kier alpha value is -1.38. The molecule has 1 unspecified atom stereocenters. The summed E-state index contributed by atoms with van der Waals surface area (Å²) in [5.41, 5.74) is -2.42. The van der Waals surface area contributed by atoms with Crippen molar-refractivity contribution < 1.29 is 40.2 Å². The lowest BCUT2D eigenvalue weighted by Gasteiger charge is -2.16. The zero-order chi connectivity index (χ0) is 13.5. The van der Waals surface area contributed by atoms with Gasteiger partial charge in [-0.1, -0.05) is 0 Å². The molecule has 17 heavy (non-hydrogen) atoms. The van der Waals surface area contributed by atoms with Crippen LogP contribution in [0.25, 0.3) is 0 Å². The summed E-state index contributed by atoms with van der Waals surface area (Å²) in [6.45, 7) is 0.